The van der Waals surface area contributed by atoms with Gasteiger partial charge in [0.25, 0.3) is 5.91 Å². The number of carbonyl (C=O) groups excluding carboxylic acids is 1. The second kappa shape index (κ2) is 12.7. The van der Waals surface area contributed by atoms with Crippen molar-refractivity contribution in [1.82, 2.24) is 10.4 Å². The smallest absolute Gasteiger partial charge is 0.285 e. The minimum Gasteiger partial charge on any atom is -0.285 e. The number of amidine groups is 1. The van der Waals surface area contributed by atoms with Crippen molar-refractivity contribution >= 4 is 18.0 Å². The van der Waals surface area contributed by atoms with Crippen LogP contribution in [0.2, 0.25) is 0 Å². The van der Waals surface area contributed by atoms with Gasteiger partial charge in [-0.2, -0.15) is 26.3 Å². The molecule has 0 spiro atoms. The van der Waals surface area contributed by atoms with E-state index < -0.39 is 23.5 Å². The van der Waals surface area contributed by atoms with Crippen LogP contribution in [0.15, 0.2) is 40.3 Å². The zero-order valence-electron chi connectivity index (χ0n) is 20.7. The second-order valence-electron chi connectivity index (χ2n) is 9.49. The van der Waals surface area contributed by atoms with Crippen LogP contribution >= 0.6 is 0 Å². The summed E-state index contributed by atoms with van der Waals surface area (Å²) in [6.45, 7) is 3.97. The van der Waals surface area contributed by atoms with Gasteiger partial charge in [-0.15, -0.1) is 0 Å². The molecule has 37 heavy (non-hydrogen) atoms. The molecule has 3 rings (SSSR count). The summed E-state index contributed by atoms with van der Waals surface area (Å²) in [5.41, 5.74) is -0.242. The number of hydrazine groups is 1. The molecule has 2 atom stereocenters. The zero-order chi connectivity index (χ0) is 27.1. The largest absolute Gasteiger partial charge is 0.416 e. The molecule has 2 aliphatic rings. The lowest BCUT2D eigenvalue weighted by atomic mass is 9.94. The number of hydrogen-bond acceptors (Lipinski definition) is 4. The molecule has 11 heteroatoms. The average Bonchev–Trinajstić information content (AvgIpc) is 3.05. The van der Waals surface area contributed by atoms with Crippen LogP contribution in [-0.4, -0.2) is 42.6 Å². The minimum atomic E-state index is -4.94. The van der Waals surface area contributed by atoms with Crippen LogP contribution in [0.3, 0.4) is 0 Å². The van der Waals surface area contributed by atoms with Gasteiger partial charge in [-0.05, 0) is 55.7 Å². The van der Waals surface area contributed by atoms with E-state index in [0.29, 0.717) is 30.9 Å². The lowest BCUT2D eigenvalue weighted by Crippen LogP contribution is -2.43. The van der Waals surface area contributed by atoms with Gasteiger partial charge in [0.2, 0.25) is 0 Å². The van der Waals surface area contributed by atoms with E-state index in [9.17, 15) is 31.1 Å². The number of allylic oxidation sites excluding steroid dienone is 1. The number of rotatable bonds is 6. The minimum absolute atomic E-state index is 0.0818. The molecule has 0 aliphatic carbocycles. The van der Waals surface area contributed by atoms with Crippen LogP contribution < -0.4 is 5.43 Å². The molecule has 0 radical (unpaired) electrons. The first-order chi connectivity index (χ1) is 17.5. The van der Waals surface area contributed by atoms with Crippen molar-refractivity contribution in [2.24, 2.45) is 21.8 Å². The Kier molecular flexibility index (Phi) is 9.92. The maximum absolute atomic E-state index is 13.2. The Morgan fingerprint density at radius 3 is 2.38 bits per heavy atom. The van der Waals surface area contributed by atoms with Gasteiger partial charge in [0.15, 0.2) is 5.84 Å². The first kappa shape index (κ1) is 28.9. The maximum atomic E-state index is 13.2. The van der Waals surface area contributed by atoms with Gasteiger partial charge in [-0.25, -0.2) is 10.0 Å². The van der Waals surface area contributed by atoms with E-state index >= 15 is 0 Å². The number of amides is 1. The van der Waals surface area contributed by atoms with Crippen molar-refractivity contribution in [3.63, 3.8) is 0 Å². The molecule has 0 bridgehead atoms. The van der Waals surface area contributed by atoms with Gasteiger partial charge in [-0.1, -0.05) is 32.3 Å². The van der Waals surface area contributed by atoms with Gasteiger partial charge in [0, 0.05) is 37.5 Å². The molecule has 0 aromatic heterocycles. The number of hydrogen-bond donors (Lipinski definition) is 1. The van der Waals surface area contributed by atoms with Crippen LogP contribution in [0, 0.1) is 11.8 Å². The van der Waals surface area contributed by atoms with E-state index in [-0.39, 0.29) is 35.8 Å². The summed E-state index contributed by atoms with van der Waals surface area (Å²) >= 11 is 0. The SMILES string of the molecule is CCC1CCCCN(NC(=O)/C=C\CC2C=NC(c3cc(C(F)(F)F)cc(C(F)(F)F)c3)=NCC2)CC1. The van der Waals surface area contributed by atoms with Crippen LogP contribution in [0.25, 0.3) is 0 Å². The summed E-state index contributed by atoms with van der Waals surface area (Å²) in [6.07, 6.45) is 1.23. The van der Waals surface area contributed by atoms with E-state index in [1.165, 1.54) is 18.7 Å². The molecule has 0 saturated carbocycles. The van der Waals surface area contributed by atoms with Gasteiger partial charge in [0.1, 0.15) is 0 Å². The molecular formula is C26H32F6N4O. The number of benzene rings is 1. The van der Waals surface area contributed by atoms with Crippen molar-refractivity contribution in [2.45, 2.75) is 64.2 Å². The monoisotopic (exact) mass is 530 g/mol. The normalized spacial score (nSPS) is 22.3. The third-order valence-electron chi connectivity index (χ3n) is 6.67. The molecule has 2 unspecified atom stereocenters. The number of nitrogens with one attached hydrogen (secondary N) is 1. The van der Waals surface area contributed by atoms with E-state index in [1.54, 1.807) is 6.08 Å². The molecule has 1 saturated heterocycles. The zero-order valence-corrected chi connectivity index (χ0v) is 20.7. The third kappa shape index (κ3) is 8.98. The van der Waals surface area contributed by atoms with Crippen LogP contribution in [-0.2, 0) is 17.1 Å². The predicted octanol–water partition coefficient (Wildman–Crippen LogP) is 6.44. The second-order valence-corrected chi connectivity index (χ2v) is 9.49. The summed E-state index contributed by atoms with van der Waals surface area (Å²) in [5, 5.41) is 1.95. The van der Waals surface area contributed by atoms with Gasteiger partial charge >= 0.3 is 12.4 Å². The highest BCUT2D eigenvalue weighted by atomic mass is 19.4. The molecule has 5 nitrogen and oxygen atoms in total. The first-order valence-electron chi connectivity index (χ1n) is 12.6. The van der Waals surface area contributed by atoms with Crippen LogP contribution in [0.4, 0.5) is 26.3 Å². The summed E-state index contributed by atoms with van der Waals surface area (Å²) < 4.78 is 79.1. The van der Waals surface area contributed by atoms with E-state index in [0.717, 1.165) is 38.8 Å². The number of alkyl halides is 6. The van der Waals surface area contributed by atoms with E-state index in [4.69, 9.17) is 0 Å². The molecule has 1 aromatic rings. The Balaban J connectivity index is 1.60. The van der Waals surface area contributed by atoms with Crippen molar-refractivity contribution in [2.75, 3.05) is 19.6 Å². The lowest BCUT2D eigenvalue weighted by molar-refractivity contribution is -0.143. The van der Waals surface area contributed by atoms with Gasteiger partial charge in [-0.3, -0.25) is 15.2 Å². The molecule has 1 fully saturated rings. The number of halogens is 6. The van der Waals surface area contributed by atoms with Crippen LogP contribution in [0.5, 0.6) is 0 Å². The molecular weight excluding hydrogens is 498 g/mol. The highest BCUT2D eigenvalue weighted by molar-refractivity contribution is 6.03. The van der Waals surface area contributed by atoms with Crippen molar-refractivity contribution in [3.05, 3.63) is 47.0 Å². The topological polar surface area (TPSA) is 57.1 Å². The molecule has 1 aromatic carbocycles. The maximum Gasteiger partial charge on any atom is 0.416 e. The van der Waals surface area contributed by atoms with Crippen LogP contribution in [0.1, 0.15) is 68.6 Å². The van der Waals surface area contributed by atoms with Gasteiger partial charge in [0.05, 0.1) is 11.1 Å². The first-order valence-corrected chi connectivity index (χ1v) is 12.6. The fourth-order valence-corrected chi connectivity index (χ4v) is 4.45. The molecule has 2 heterocycles. The Hall–Kier alpha value is -2.69. The fourth-order valence-electron chi connectivity index (χ4n) is 4.45. The third-order valence-corrected chi connectivity index (χ3v) is 6.67. The van der Waals surface area contributed by atoms with E-state index in [2.05, 4.69) is 22.3 Å². The summed E-state index contributed by atoms with van der Waals surface area (Å²) in [6, 6.07) is 1.34. The molecule has 204 valence electrons. The summed E-state index contributed by atoms with van der Waals surface area (Å²) in [7, 11) is 0. The lowest BCUT2D eigenvalue weighted by Gasteiger charge is -2.27. The Morgan fingerprint density at radius 1 is 1.03 bits per heavy atom. The Bertz CT molecular complexity index is 983. The molecule has 1 N–H and O–H groups in total. The van der Waals surface area contributed by atoms with Crippen molar-refractivity contribution in [1.29, 1.82) is 0 Å². The fraction of sp³-hybridized carbons (Fsp3) is 0.577. The average molecular weight is 531 g/mol. The summed E-state index contributed by atoms with van der Waals surface area (Å²) in [4.78, 5) is 20.6. The summed E-state index contributed by atoms with van der Waals surface area (Å²) in [5.74, 6) is 0.0983. The Labute approximate surface area is 212 Å². The number of carbonyl (C=O) groups is 1. The molecule has 2 aliphatic heterocycles. The highest BCUT2D eigenvalue weighted by Gasteiger charge is 2.37. The number of nitrogens with zero attached hydrogens (tertiary/aromatic N) is 3. The van der Waals surface area contributed by atoms with Gasteiger partial charge < -0.3 is 0 Å². The quantitative estimate of drug-likeness (QED) is 0.340. The van der Waals surface area contributed by atoms with E-state index in [1.807, 2.05) is 5.01 Å². The van der Waals surface area contributed by atoms with Crippen molar-refractivity contribution < 1.29 is 31.1 Å². The highest BCUT2D eigenvalue weighted by Crippen LogP contribution is 2.36. The Morgan fingerprint density at radius 2 is 1.73 bits per heavy atom. The standard InChI is InChI=1S/C26H32F6N4O/c1-2-18-6-3-4-12-36(13-10-18)35-23(37)8-5-7-19-9-11-33-24(34-17-19)20-14-21(25(27,28)29)16-22(15-20)26(30,31)32/h5,8,14-19H,2-4,6-7,9-13H2,1H3,(H,35,37)/b8-5-. The van der Waals surface area contributed by atoms with Crippen molar-refractivity contribution in [3.8, 4) is 0 Å². The number of aliphatic imine (C=N–C) groups is 2. The molecule has 1 amide bonds. The predicted molar refractivity (Wildman–Crippen MR) is 130 cm³/mol.